The van der Waals surface area contributed by atoms with E-state index in [-0.39, 0.29) is 0 Å². The molecular formula is C2H8N2O6. The molecule has 0 amide bonds. The lowest BCUT2D eigenvalue weighted by Gasteiger charge is -2.30. The third kappa shape index (κ3) is 1.59. The summed E-state index contributed by atoms with van der Waals surface area (Å²) >= 11 is 0. The molecule has 0 radical (unpaired) electrons. The third-order valence-corrected chi connectivity index (χ3v) is 0.798. The van der Waals surface area contributed by atoms with Crippen molar-refractivity contribution in [2.24, 2.45) is 0 Å². The molecule has 62 valence electrons. The van der Waals surface area contributed by atoms with Crippen LogP contribution in [0.3, 0.4) is 0 Å². The summed E-state index contributed by atoms with van der Waals surface area (Å²) in [5.41, 5.74) is 1.44. The van der Waals surface area contributed by atoms with Gasteiger partial charge in [0.1, 0.15) is 0 Å². The minimum atomic E-state index is -3.46. The van der Waals surface area contributed by atoms with E-state index in [0.29, 0.717) is 0 Å². The predicted octanol–water partition coefficient (Wildman–Crippen LogP) is -3.78. The second-order valence-electron chi connectivity index (χ2n) is 1.57. The van der Waals surface area contributed by atoms with Gasteiger partial charge in [-0.3, -0.25) is 0 Å². The van der Waals surface area contributed by atoms with Gasteiger partial charge in [0, 0.05) is 0 Å². The summed E-state index contributed by atoms with van der Waals surface area (Å²) < 4.78 is 0. The summed E-state index contributed by atoms with van der Waals surface area (Å²) in [7, 11) is 0. The second-order valence-corrected chi connectivity index (χ2v) is 1.57. The molecule has 0 saturated heterocycles. The molecule has 0 aliphatic carbocycles. The summed E-state index contributed by atoms with van der Waals surface area (Å²) in [6, 6.07) is 0. The molecule has 0 bridgehead atoms. The van der Waals surface area contributed by atoms with Crippen LogP contribution in [0.5, 0.6) is 0 Å². The van der Waals surface area contributed by atoms with Gasteiger partial charge in [-0.2, -0.15) is 0 Å². The topological polar surface area (TPSA) is 145 Å². The third-order valence-electron chi connectivity index (χ3n) is 0.798. The van der Waals surface area contributed by atoms with Gasteiger partial charge < -0.3 is 30.8 Å². The molecule has 0 spiro atoms. The van der Waals surface area contributed by atoms with Crippen molar-refractivity contribution >= 4 is 0 Å². The SMILES string of the molecule is ONC(O)(O)C(O)(O)NO. The average molecular weight is 156 g/mol. The van der Waals surface area contributed by atoms with E-state index < -0.39 is 11.8 Å². The first kappa shape index (κ1) is 9.68. The first-order valence-electron chi connectivity index (χ1n) is 2.09. The summed E-state index contributed by atoms with van der Waals surface area (Å²) in [6.45, 7) is 0. The van der Waals surface area contributed by atoms with Gasteiger partial charge in [-0.15, -0.1) is 11.0 Å². The van der Waals surface area contributed by atoms with E-state index in [4.69, 9.17) is 30.8 Å². The Bertz CT molecular complexity index is 98.3. The fraction of sp³-hybridized carbons (Fsp3) is 1.00. The van der Waals surface area contributed by atoms with Gasteiger partial charge in [0.05, 0.1) is 0 Å². The minimum absolute atomic E-state index is 0.721. The van der Waals surface area contributed by atoms with Crippen molar-refractivity contribution in [2.75, 3.05) is 0 Å². The fourth-order valence-electron chi connectivity index (χ4n) is 0.156. The quantitative estimate of drug-likeness (QED) is 0.153. The van der Waals surface area contributed by atoms with Gasteiger partial charge in [-0.25, -0.2) is 0 Å². The van der Waals surface area contributed by atoms with Crippen LogP contribution in [0.4, 0.5) is 0 Å². The molecule has 0 atom stereocenters. The van der Waals surface area contributed by atoms with E-state index in [1.54, 1.807) is 0 Å². The molecule has 0 aliphatic rings. The Morgan fingerprint density at radius 3 is 1.00 bits per heavy atom. The molecule has 8 heteroatoms. The van der Waals surface area contributed by atoms with E-state index in [2.05, 4.69) is 0 Å². The van der Waals surface area contributed by atoms with Gasteiger partial charge in [0.25, 0.3) is 0 Å². The van der Waals surface area contributed by atoms with E-state index in [9.17, 15) is 0 Å². The molecule has 0 heterocycles. The monoisotopic (exact) mass is 156 g/mol. The van der Waals surface area contributed by atoms with Crippen molar-refractivity contribution < 1.29 is 30.8 Å². The molecule has 8 nitrogen and oxygen atoms in total. The maximum absolute atomic E-state index is 8.32. The molecule has 0 unspecified atom stereocenters. The van der Waals surface area contributed by atoms with Crippen molar-refractivity contribution in [1.82, 2.24) is 11.0 Å². The average Bonchev–Trinajstić information content (AvgIpc) is 1.88. The predicted molar refractivity (Wildman–Crippen MR) is 24.2 cm³/mol. The molecule has 0 aromatic heterocycles. The molecular weight excluding hydrogens is 148 g/mol. The summed E-state index contributed by atoms with van der Waals surface area (Å²) in [5.74, 6) is -6.91. The Morgan fingerprint density at radius 2 is 0.900 bits per heavy atom. The van der Waals surface area contributed by atoms with Gasteiger partial charge in [0.15, 0.2) is 0 Å². The molecule has 10 heavy (non-hydrogen) atoms. The summed E-state index contributed by atoms with van der Waals surface area (Å²) in [4.78, 5) is 0. The van der Waals surface area contributed by atoms with E-state index >= 15 is 0 Å². The number of nitrogens with one attached hydrogen (secondary N) is 2. The summed E-state index contributed by atoms with van der Waals surface area (Å²) in [6.07, 6.45) is 0. The number of hydrogen-bond acceptors (Lipinski definition) is 8. The maximum atomic E-state index is 8.32. The first-order chi connectivity index (χ1) is 4.37. The Hall–Kier alpha value is -0.320. The molecule has 0 aromatic rings. The Morgan fingerprint density at radius 1 is 0.700 bits per heavy atom. The lowest BCUT2D eigenvalue weighted by atomic mass is 10.4. The largest absolute Gasteiger partial charge is 0.346 e. The number of aliphatic hydroxyl groups is 4. The van der Waals surface area contributed by atoms with E-state index in [1.807, 2.05) is 0 Å². The van der Waals surface area contributed by atoms with Crippen molar-refractivity contribution in [3.8, 4) is 0 Å². The highest BCUT2D eigenvalue weighted by atomic mass is 16.7. The lowest BCUT2D eigenvalue weighted by Crippen LogP contribution is -2.68. The second kappa shape index (κ2) is 2.74. The van der Waals surface area contributed by atoms with Crippen molar-refractivity contribution in [2.45, 2.75) is 11.8 Å². The molecule has 0 rings (SSSR count). The van der Waals surface area contributed by atoms with E-state index in [0.717, 1.165) is 11.0 Å². The van der Waals surface area contributed by atoms with Crippen LogP contribution >= 0.6 is 0 Å². The van der Waals surface area contributed by atoms with Crippen LogP contribution in [-0.4, -0.2) is 42.7 Å². The number of hydroxylamine groups is 2. The first-order valence-corrected chi connectivity index (χ1v) is 2.09. The van der Waals surface area contributed by atoms with Gasteiger partial charge >= 0.3 is 11.8 Å². The van der Waals surface area contributed by atoms with E-state index in [1.165, 1.54) is 0 Å². The van der Waals surface area contributed by atoms with Crippen LogP contribution in [0.25, 0.3) is 0 Å². The van der Waals surface area contributed by atoms with Crippen LogP contribution in [0.15, 0.2) is 0 Å². The minimum Gasteiger partial charge on any atom is -0.346 e. The standard InChI is InChI=1S/C2H8N2O6/c5-1(6,3-9)2(7,8)4-10/h3-10H. The maximum Gasteiger partial charge on any atom is 0.319 e. The number of hydrogen-bond donors (Lipinski definition) is 8. The molecule has 0 aromatic carbocycles. The van der Waals surface area contributed by atoms with Crippen LogP contribution in [-0.2, 0) is 0 Å². The Labute approximate surface area is 54.9 Å². The highest BCUT2D eigenvalue weighted by molar-refractivity contribution is 4.69. The zero-order chi connectivity index (χ0) is 8.41. The highest BCUT2D eigenvalue weighted by Crippen LogP contribution is 2.07. The van der Waals surface area contributed by atoms with Crippen molar-refractivity contribution in [3.63, 3.8) is 0 Å². The van der Waals surface area contributed by atoms with Crippen molar-refractivity contribution in [3.05, 3.63) is 0 Å². The van der Waals surface area contributed by atoms with Gasteiger partial charge in [-0.05, 0) is 0 Å². The summed E-state index contributed by atoms with van der Waals surface area (Å²) in [5, 5.41) is 49.0. The molecule has 0 aliphatic heterocycles. The van der Waals surface area contributed by atoms with Gasteiger partial charge in [0.2, 0.25) is 0 Å². The van der Waals surface area contributed by atoms with Crippen molar-refractivity contribution in [1.29, 1.82) is 0 Å². The Balaban J connectivity index is 4.28. The highest BCUT2D eigenvalue weighted by Gasteiger charge is 2.48. The lowest BCUT2D eigenvalue weighted by molar-refractivity contribution is -0.425. The fourth-order valence-corrected chi connectivity index (χ4v) is 0.156. The molecule has 0 fully saturated rings. The molecule has 8 N–H and O–H groups in total. The smallest absolute Gasteiger partial charge is 0.319 e. The Kier molecular flexibility index (Phi) is 2.65. The van der Waals surface area contributed by atoms with Crippen LogP contribution in [0.2, 0.25) is 0 Å². The molecule has 0 saturated carbocycles. The van der Waals surface area contributed by atoms with Crippen LogP contribution in [0.1, 0.15) is 0 Å². The van der Waals surface area contributed by atoms with Crippen LogP contribution < -0.4 is 11.0 Å². The number of rotatable bonds is 3. The van der Waals surface area contributed by atoms with Gasteiger partial charge in [-0.1, -0.05) is 0 Å². The van der Waals surface area contributed by atoms with Crippen LogP contribution in [0, 0.1) is 0 Å². The normalized spacial score (nSPS) is 13.8. The zero-order valence-corrected chi connectivity index (χ0v) is 4.68. The zero-order valence-electron chi connectivity index (χ0n) is 4.68.